The molecule has 0 aromatic carbocycles. The number of pyridine rings is 1. The van der Waals surface area contributed by atoms with Gasteiger partial charge in [0.25, 0.3) is 0 Å². The van der Waals surface area contributed by atoms with Gasteiger partial charge in [0, 0.05) is 65.5 Å². The molecule has 2 aliphatic heterocycles. The summed E-state index contributed by atoms with van der Waals surface area (Å²) in [6, 6.07) is 4.50. The van der Waals surface area contributed by atoms with Crippen molar-refractivity contribution in [3.8, 4) is 0 Å². The minimum Gasteiger partial charge on any atom is -0.377 e. The summed E-state index contributed by atoms with van der Waals surface area (Å²) in [7, 11) is 3.47. The fraction of sp³-hybridized carbons (Fsp3) is 0.636. The smallest absolute Gasteiger partial charge is 0.191 e. The zero-order valence-electron chi connectivity index (χ0n) is 19.8. The maximum absolute atomic E-state index is 5.15. The molecule has 0 spiro atoms. The molecule has 1 saturated heterocycles. The number of methoxy groups -OCH3 is 1. The summed E-state index contributed by atoms with van der Waals surface area (Å²) in [4.78, 5) is 18.4. The van der Waals surface area contributed by atoms with Crippen LogP contribution < -0.4 is 15.5 Å². The largest absolute Gasteiger partial charge is 0.377 e. The number of halogens is 1. The highest BCUT2D eigenvalue weighted by molar-refractivity contribution is 14.0. The molecule has 1 unspecified atom stereocenters. The van der Waals surface area contributed by atoms with Crippen LogP contribution in [0.4, 0.5) is 5.82 Å². The fourth-order valence-electron chi connectivity index (χ4n) is 4.28. The van der Waals surface area contributed by atoms with Gasteiger partial charge in [-0.3, -0.25) is 4.99 Å². The maximum atomic E-state index is 5.15. The first-order chi connectivity index (χ1) is 15.7. The summed E-state index contributed by atoms with van der Waals surface area (Å²) >= 11 is 0. The minimum atomic E-state index is 0. The van der Waals surface area contributed by atoms with E-state index in [1.54, 1.807) is 14.2 Å². The molecule has 2 aromatic rings. The van der Waals surface area contributed by atoms with E-state index in [2.05, 4.69) is 59.5 Å². The highest BCUT2D eigenvalue weighted by Crippen LogP contribution is 2.16. The topological polar surface area (TPSA) is 95.7 Å². The predicted molar refractivity (Wildman–Crippen MR) is 140 cm³/mol. The number of hydrogen-bond acceptors (Lipinski definition) is 7. The third kappa shape index (κ3) is 6.76. The van der Waals surface area contributed by atoms with Crippen LogP contribution in [0.25, 0.3) is 0 Å². The Morgan fingerprint density at radius 2 is 2.09 bits per heavy atom. The number of anilines is 1. The molecule has 0 amide bonds. The molecule has 2 aliphatic rings. The molecule has 0 bridgehead atoms. The van der Waals surface area contributed by atoms with Gasteiger partial charge in [0.05, 0.1) is 6.54 Å². The van der Waals surface area contributed by atoms with Gasteiger partial charge in [-0.1, -0.05) is 6.92 Å². The highest BCUT2D eigenvalue weighted by Gasteiger charge is 2.22. The van der Waals surface area contributed by atoms with Crippen molar-refractivity contribution in [1.82, 2.24) is 35.3 Å². The lowest BCUT2D eigenvalue weighted by Crippen LogP contribution is -2.47. The molecule has 2 aromatic heterocycles. The Morgan fingerprint density at radius 3 is 2.82 bits per heavy atom. The van der Waals surface area contributed by atoms with Gasteiger partial charge in [-0.25, -0.2) is 14.6 Å². The van der Waals surface area contributed by atoms with Crippen LogP contribution in [0.5, 0.6) is 0 Å². The summed E-state index contributed by atoms with van der Waals surface area (Å²) in [6.45, 7) is 9.50. The molecule has 11 heteroatoms. The number of guanidine groups is 1. The lowest BCUT2D eigenvalue weighted by molar-refractivity contribution is 0.177. The molecular weight excluding hydrogens is 533 g/mol. The van der Waals surface area contributed by atoms with Crippen LogP contribution >= 0.6 is 24.0 Å². The SMILES string of the molecule is CCN1CCN(c2cc(CNC(=NC)NC3CCc4nc(COC)nn4C3)ccn2)CC1.I. The second-order valence-electron chi connectivity index (χ2n) is 8.31. The highest BCUT2D eigenvalue weighted by atomic mass is 127. The number of fused-ring (bicyclic) bond motifs is 1. The molecule has 2 N–H and O–H groups in total. The maximum Gasteiger partial charge on any atom is 0.191 e. The number of nitrogens with one attached hydrogen (secondary N) is 2. The number of hydrogen-bond donors (Lipinski definition) is 2. The molecule has 4 heterocycles. The van der Waals surface area contributed by atoms with Gasteiger partial charge in [-0.15, -0.1) is 24.0 Å². The average molecular weight is 569 g/mol. The van der Waals surface area contributed by atoms with Crippen molar-refractivity contribution in [2.45, 2.75) is 45.5 Å². The number of rotatable bonds is 7. The molecule has 1 atom stereocenters. The Balaban J connectivity index is 0.00000306. The number of aromatic nitrogens is 4. The molecule has 0 saturated carbocycles. The first kappa shape index (κ1) is 25.6. The van der Waals surface area contributed by atoms with Gasteiger partial charge in [0.1, 0.15) is 18.2 Å². The summed E-state index contributed by atoms with van der Waals surface area (Å²) < 4.78 is 7.14. The van der Waals surface area contributed by atoms with Crippen molar-refractivity contribution in [3.63, 3.8) is 0 Å². The third-order valence-electron chi connectivity index (χ3n) is 6.15. The van der Waals surface area contributed by atoms with E-state index in [1.807, 2.05) is 10.9 Å². The first-order valence-corrected chi connectivity index (χ1v) is 11.5. The van der Waals surface area contributed by atoms with Crippen LogP contribution in [0, 0.1) is 0 Å². The molecule has 0 radical (unpaired) electrons. The zero-order valence-corrected chi connectivity index (χ0v) is 22.2. The zero-order chi connectivity index (χ0) is 22.3. The Bertz CT molecular complexity index is 911. The van der Waals surface area contributed by atoms with E-state index in [-0.39, 0.29) is 30.0 Å². The number of ether oxygens (including phenoxy) is 1. The van der Waals surface area contributed by atoms with E-state index in [0.29, 0.717) is 13.2 Å². The second-order valence-corrected chi connectivity index (χ2v) is 8.31. The van der Waals surface area contributed by atoms with Crippen LogP contribution in [0.15, 0.2) is 23.3 Å². The van der Waals surface area contributed by atoms with Crippen LogP contribution in [0.3, 0.4) is 0 Å². The van der Waals surface area contributed by atoms with Crippen molar-refractivity contribution in [2.24, 2.45) is 4.99 Å². The van der Waals surface area contributed by atoms with Gasteiger partial charge in [-0.2, -0.15) is 5.10 Å². The Hall–Kier alpha value is -1.99. The van der Waals surface area contributed by atoms with Crippen molar-refractivity contribution < 1.29 is 4.74 Å². The predicted octanol–water partition coefficient (Wildman–Crippen LogP) is 1.26. The van der Waals surface area contributed by atoms with E-state index in [0.717, 1.165) is 75.5 Å². The third-order valence-corrected chi connectivity index (χ3v) is 6.15. The summed E-state index contributed by atoms with van der Waals surface area (Å²) in [5, 5.41) is 11.5. The average Bonchev–Trinajstić information content (AvgIpc) is 3.24. The summed E-state index contributed by atoms with van der Waals surface area (Å²) in [5.41, 5.74) is 1.20. The van der Waals surface area contributed by atoms with Crippen LogP contribution in [0.1, 0.15) is 30.6 Å². The van der Waals surface area contributed by atoms with E-state index in [9.17, 15) is 0 Å². The lowest BCUT2D eigenvalue weighted by atomic mass is 10.1. The van der Waals surface area contributed by atoms with E-state index < -0.39 is 0 Å². The molecule has 10 nitrogen and oxygen atoms in total. The first-order valence-electron chi connectivity index (χ1n) is 11.5. The molecule has 182 valence electrons. The lowest BCUT2D eigenvalue weighted by Gasteiger charge is -2.34. The monoisotopic (exact) mass is 569 g/mol. The molecule has 33 heavy (non-hydrogen) atoms. The summed E-state index contributed by atoms with van der Waals surface area (Å²) in [5.74, 6) is 3.63. The van der Waals surface area contributed by atoms with Crippen LogP contribution in [-0.4, -0.2) is 83.5 Å². The molecule has 4 rings (SSSR count). The van der Waals surface area contributed by atoms with Gasteiger partial charge in [0.15, 0.2) is 11.8 Å². The van der Waals surface area contributed by atoms with Gasteiger partial charge >= 0.3 is 0 Å². The fourth-order valence-corrected chi connectivity index (χ4v) is 4.28. The van der Waals surface area contributed by atoms with E-state index in [4.69, 9.17) is 4.74 Å². The van der Waals surface area contributed by atoms with Gasteiger partial charge in [0.2, 0.25) is 0 Å². The Labute approximate surface area is 213 Å². The minimum absolute atomic E-state index is 0. The van der Waals surface area contributed by atoms with Gasteiger partial charge < -0.3 is 25.2 Å². The van der Waals surface area contributed by atoms with Crippen LogP contribution in [0.2, 0.25) is 0 Å². The van der Waals surface area contributed by atoms with Gasteiger partial charge in [-0.05, 0) is 30.7 Å². The number of nitrogens with zero attached hydrogens (tertiary/aromatic N) is 7. The standard InChI is InChI=1S/C22H35N9O.HI/c1-4-29-9-11-30(12-10-29)21-13-17(7-8-24-21)14-25-22(23-2)26-18-5-6-20-27-19(16-32-3)28-31(20)15-18;/h7-8,13,18H,4-6,9-12,14-16H2,1-3H3,(H2,23,25,26);1H. The Kier molecular flexibility index (Phi) is 9.68. The van der Waals surface area contributed by atoms with Crippen molar-refractivity contribution in [3.05, 3.63) is 35.5 Å². The number of aliphatic imine (C=N–C) groups is 1. The van der Waals surface area contributed by atoms with Crippen LogP contribution in [-0.2, 0) is 30.9 Å². The Morgan fingerprint density at radius 1 is 1.27 bits per heavy atom. The molecular formula is C22H36IN9O. The van der Waals surface area contributed by atoms with Crippen molar-refractivity contribution in [2.75, 3.05) is 51.8 Å². The van der Waals surface area contributed by atoms with Crippen molar-refractivity contribution in [1.29, 1.82) is 0 Å². The number of piperazine rings is 1. The second kappa shape index (κ2) is 12.5. The number of aryl methyl sites for hydroxylation is 1. The molecule has 0 aliphatic carbocycles. The molecule has 1 fully saturated rings. The number of likely N-dealkylation sites (N-methyl/N-ethyl adjacent to an activating group) is 1. The normalized spacial score (nSPS) is 19.1. The van der Waals surface area contributed by atoms with E-state index in [1.165, 1.54) is 5.56 Å². The quantitative estimate of drug-likeness (QED) is 0.293. The van der Waals surface area contributed by atoms with Crippen molar-refractivity contribution >= 4 is 35.8 Å². The van der Waals surface area contributed by atoms with E-state index >= 15 is 0 Å². The summed E-state index contributed by atoms with van der Waals surface area (Å²) in [6.07, 6.45) is 3.79.